The molecule has 0 spiro atoms. The minimum atomic E-state index is -3.35. The molecule has 0 N–H and O–H groups in total. The highest BCUT2D eigenvalue weighted by atomic mass is 32.2. The number of para-hydroxylation sites is 1. The van der Waals surface area contributed by atoms with E-state index in [4.69, 9.17) is 4.74 Å². The molecule has 20 heavy (non-hydrogen) atoms. The molecule has 0 bridgehead atoms. The van der Waals surface area contributed by atoms with Gasteiger partial charge < -0.3 is 4.74 Å². The molecule has 0 amide bonds. The first kappa shape index (κ1) is 13.0. The number of pyridine rings is 1. The van der Waals surface area contributed by atoms with E-state index in [0.29, 0.717) is 5.19 Å². The molecular formula is C13H10N2O3S2. The third-order valence-electron chi connectivity index (χ3n) is 2.59. The fourth-order valence-corrected chi connectivity index (χ4v) is 3.30. The maximum atomic E-state index is 11.7. The first-order valence-corrected chi connectivity index (χ1v) is 8.43. The van der Waals surface area contributed by atoms with Crippen molar-refractivity contribution < 1.29 is 13.2 Å². The Balaban J connectivity index is 2.03. The van der Waals surface area contributed by atoms with Crippen LogP contribution in [0.25, 0.3) is 10.3 Å². The van der Waals surface area contributed by atoms with Crippen LogP contribution in [0.15, 0.2) is 47.5 Å². The molecule has 7 heteroatoms. The number of ether oxygens (including phenoxy) is 1. The van der Waals surface area contributed by atoms with E-state index in [-0.39, 0.29) is 10.6 Å². The highest BCUT2D eigenvalue weighted by Crippen LogP contribution is 2.33. The summed E-state index contributed by atoms with van der Waals surface area (Å²) in [5.74, 6) is 0.272. The summed E-state index contributed by atoms with van der Waals surface area (Å²) in [5.41, 5.74) is 0.726. The Morgan fingerprint density at radius 2 is 1.95 bits per heavy atom. The second kappa shape index (κ2) is 4.84. The van der Waals surface area contributed by atoms with Crippen molar-refractivity contribution in [1.29, 1.82) is 0 Å². The van der Waals surface area contributed by atoms with Crippen LogP contribution < -0.4 is 4.74 Å². The molecule has 0 aliphatic heterocycles. The van der Waals surface area contributed by atoms with Gasteiger partial charge in [-0.2, -0.15) is 0 Å². The molecule has 1 aromatic carbocycles. The Labute approximate surface area is 119 Å². The molecule has 102 valence electrons. The number of nitrogens with zero attached hydrogens (tertiary/aromatic N) is 2. The van der Waals surface area contributed by atoms with Gasteiger partial charge in [0.25, 0.3) is 5.19 Å². The molecule has 0 radical (unpaired) electrons. The molecule has 2 aromatic heterocycles. The summed E-state index contributed by atoms with van der Waals surface area (Å²) in [4.78, 5) is 9.34. The number of hydrogen-bond donors (Lipinski definition) is 0. The fraction of sp³-hybridized carbons (Fsp3) is 0.0769. The van der Waals surface area contributed by atoms with E-state index in [1.165, 1.54) is 17.4 Å². The summed E-state index contributed by atoms with van der Waals surface area (Å²) in [6, 6.07) is 10.1. The molecule has 0 aliphatic rings. The maximum absolute atomic E-state index is 11.7. The van der Waals surface area contributed by atoms with Crippen LogP contribution in [0.1, 0.15) is 0 Å². The zero-order valence-electron chi connectivity index (χ0n) is 10.5. The second-order valence-corrected chi connectivity index (χ2v) is 7.05. The third-order valence-corrected chi connectivity index (χ3v) is 4.59. The van der Waals surface area contributed by atoms with E-state index in [9.17, 15) is 8.42 Å². The van der Waals surface area contributed by atoms with Crippen LogP contribution in [0.2, 0.25) is 0 Å². The summed E-state index contributed by atoms with van der Waals surface area (Å²) in [6.45, 7) is 0. The molecule has 3 rings (SSSR count). The SMILES string of the molecule is CS(=O)(=O)c1ccccc1Oc1nc2cccnc2s1. The maximum Gasteiger partial charge on any atom is 0.281 e. The molecule has 3 aromatic rings. The van der Waals surface area contributed by atoms with Crippen molar-refractivity contribution in [3.8, 4) is 10.9 Å². The van der Waals surface area contributed by atoms with Crippen LogP contribution in [-0.4, -0.2) is 24.6 Å². The Hall–Kier alpha value is -1.99. The van der Waals surface area contributed by atoms with Gasteiger partial charge in [0.15, 0.2) is 9.84 Å². The van der Waals surface area contributed by atoms with Crippen molar-refractivity contribution in [2.75, 3.05) is 6.26 Å². The summed E-state index contributed by atoms with van der Waals surface area (Å²) in [7, 11) is -3.35. The van der Waals surface area contributed by atoms with Crippen molar-refractivity contribution in [3.63, 3.8) is 0 Å². The summed E-state index contributed by atoms with van der Waals surface area (Å²) in [6.07, 6.45) is 2.82. The minimum absolute atomic E-state index is 0.146. The lowest BCUT2D eigenvalue weighted by atomic mass is 10.3. The molecule has 0 atom stereocenters. The predicted molar refractivity (Wildman–Crippen MR) is 77.0 cm³/mol. The van der Waals surface area contributed by atoms with Crippen LogP contribution in [0.3, 0.4) is 0 Å². The molecule has 0 saturated carbocycles. The van der Waals surface area contributed by atoms with Gasteiger partial charge in [-0.3, -0.25) is 0 Å². The lowest BCUT2D eigenvalue weighted by Gasteiger charge is -2.06. The van der Waals surface area contributed by atoms with E-state index >= 15 is 0 Å². The highest BCUT2D eigenvalue weighted by molar-refractivity contribution is 7.90. The lowest BCUT2D eigenvalue weighted by molar-refractivity contribution is 0.465. The van der Waals surface area contributed by atoms with Crippen LogP contribution >= 0.6 is 11.3 Å². The fourth-order valence-electron chi connectivity index (χ4n) is 1.73. The zero-order chi connectivity index (χ0) is 14.2. The first-order chi connectivity index (χ1) is 9.54. The summed E-state index contributed by atoms with van der Waals surface area (Å²) in [5, 5.41) is 0.370. The molecule has 0 aliphatic carbocycles. The van der Waals surface area contributed by atoms with Crippen LogP contribution in [0.5, 0.6) is 10.9 Å². The number of thiazole rings is 1. The Morgan fingerprint density at radius 3 is 2.70 bits per heavy atom. The van der Waals surface area contributed by atoms with Gasteiger partial charge in [-0.05, 0) is 24.3 Å². The molecule has 5 nitrogen and oxygen atoms in total. The second-order valence-electron chi connectivity index (χ2n) is 4.13. The van der Waals surface area contributed by atoms with Gasteiger partial charge in [-0.25, -0.2) is 18.4 Å². The van der Waals surface area contributed by atoms with Crippen molar-refractivity contribution >= 4 is 31.5 Å². The van der Waals surface area contributed by atoms with E-state index < -0.39 is 9.84 Å². The Bertz CT molecular complexity index is 839. The van der Waals surface area contributed by atoms with Gasteiger partial charge in [0, 0.05) is 12.5 Å². The van der Waals surface area contributed by atoms with Crippen LogP contribution in [0, 0.1) is 0 Å². The summed E-state index contributed by atoms with van der Waals surface area (Å²) >= 11 is 1.27. The number of sulfone groups is 1. The molecule has 0 saturated heterocycles. The molecule has 0 fully saturated rings. The van der Waals surface area contributed by atoms with Gasteiger partial charge in [0.1, 0.15) is 21.0 Å². The number of fused-ring (bicyclic) bond motifs is 1. The van der Waals surface area contributed by atoms with E-state index in [0.717, 1.165) is 16.6 Å². The number of aromatic nitrogens is 2. The number of benzene rings is 1. The highest BCUT2D eigenvalue weighted by Gasteiger charge is 2.16. The average molecular weight is 306 g/mol. The van der Waals surface area contributed by atoms with Crippen molar-refractivity contribution in [2.24, 2.45) is 0 Å². The van der Waals surface area contributed by atoms with Crippen LogP contribution in [0.4, 0.5) is 0 Å². The topological polar surface area (TPSA) is 69.2 Å². The zero-order valence-corrected chi connectivity index (χ0v) is 12.1. The molecule has 0 unspecified atom stereocenters. The summed E-state index contributed by atoms with van der Waals surface area (Å²) < 4.78 is 29.0. The van der Waals surface area contributed by atoms with Gasteiger partial charge in [0.2, 0.25) is 0 Å². The Morgan fingerprint density at radius 1 is 1.15 bits per heavy atom. The van der Waals surface area contributed by atoms with Gasteiger partial charge >= 0.3 is 0 Å². The lowest BCUT2D eigenvalue weighted by Crippen LogP contribution is -1.99. The largest absolute Gasteiger partial charge is 0.429 e. The van der Waals surface area contributed by atoms with Crippen LogP contribution in [-0.2, 0) is 9.84 Å². The van der Waals surface area contributed by atoms with Crippen molar-refractivity contribution in [2.45, 2.75) is 4.90 Å². The van der Waals surface area contributed by atoms with E-state index in [1.54, 1.807) is 30.5 Å². The van der Waals surface area contributed by atoms with E-state index in [1.807, 2.05) is 6.07 Å². The van der Waals surface area contributed by atoms with Gasteiger partial charge in [0.05, 0.1) is 0 Å². The smallest absolute Gasteiger partial charge is 0.281 e. The predicted octanol–water partition coefficient (Wildman–Crippen LogP) is 2.89. The normalized spacial score (nSPS) is 11.7. The van der Waals surface area contributed by atoms with Gasteiger partial charge in [-0.1, -0.05) is 23.5 Å². The molecule has 2 heterocycles. The molecular weight excluding hydrogens is 296 g/mol. The number of hydrogen-bond acceptors (Lipinski definition) is 6. The first-order valence-electron chi connectivity index (χ1n) is 5.72. The third kappa shape index (κ3) is 2.50. The number of rotatable bonds is 3. The van der Waals surface area contributed by atoms with E-state index in [2.05, 4.69) is 9.97 Å². The monoisotopic (exact) mass is 306 g/mol. The van der Waals surface area contributed by atoms with Gasteiger partial charge in [-0.15, -0.1) is 0 Å². The minimum Gasteiger partial charge on any atom is -0.429 e. The quantitative estimate of drug-likeness (QED) is 0.744. The Kier molecular flexibility index (Phi) is 3.15. The van der Waals surface area contributed by atoms with Crippen molar-refractivity contribution in [3.05, 3.63) is 42.6 Å². The standard InChI is InChI=1S/C13H10N2O3S2/c1-20(16,17)11-7-3-2-6-10(11)18-13-15-9-5-4-8-14-12(9)19-13/h2-8H,1H3. The van der Waals surface area contributed by atoms with Crippen molar-refractivity contribution in [1.82, 2.24) is 9.97 Å². The average Bonchev–Trinajstić information content (AvgIpc) is 2.80.